The van der Waals surface area contributed by atoms with Gasteiger partial charge in [0, 0.05) is 38.3 Å². The van der Waals surface area contributed by atoms with Crippen LogP contribution >= 0.6 is 11.6 Å². The number of ether oxygens (including phenoxy) is 1. The Labute approximate surface area is 229 Å². The maximum Gasteiger partial charge on any atom is 0.266 e. The first-order chi connectivity index (χ1) is 18.4. The van der Waals surface area contributed by atoms with E-state index in [0.29, 0.717) is 24.2 Å². The third kappa shape index (κ3) is 6.18. The number of aromatic nitrogens is 3. The molecule has 1 fully saturated rings. The molecule has 3 heterocycles. The minimum atomic E-state index is -1.56. The molecule has 0 radical (unpaired) electrons. The minimum Gasteiger partial charge on any atom is -0.364 e. The number of amides is 2. The lowest BCUT2D eigenvalue weighted by Crippen LogP contribution is -2.31. The molecule has 208 valence electrons. The van der Waals surface area contributed by atoms with Crippen molar-refractivity contribution in [3.8, 4) is 11.1 Å². The second kappa shape index (κ2) is 11.5. The van der Waals surface area contributed by atoms with Gasteiger partial charge in [-0.3, -0.25) is 19.1 Å². The number of nitrogens with two attached hydrogens (primary N) is 1. The van der Waals surface area contributed by atoms with E-state index < -0.39 is 37.4 Å². The third-order valence-corrected chi connectivity index (χ3v) is 8.66. The van der Waals surface area contributed by atoms with Crippen molar-refractivity contribution in [3.05, 3.63) is 64.3 Å². The van der Waals surface area contributed by atoms with Gasteiger partial charge in [-0.2, -0.15) is 10.2 Å². The Balaban J connectivity index is 1.72. The molecule has 39 heavy (non-hydrogen) atoms. The highest BCUT2D eigenvalue weighted by atomic mass is 35.5. The maximum atomic E-state index is 13.8. The molecule has 1 aliphatic rings. The summed E-state index contributed by atoms with van der Waals surface area (Å²) < 4.78 is 48.4. The van der Waals surface area contributed by atoms with Gasteiger partial charge in [0.15, 0.2) is 17.5 Å². The van der Waals surface area contributed by atoms with E-state index in [1.807, 2.05) is 0 Å². The highest BCUT2D eigenvalue weighted by molar-refractivity contribution is 6.76. The Morgan fingerprint density at radius 3 is 2.49 bits per heavy atom. The Hall–Kier alpha value is -3.22. The number of primary amides is 1. The Bertz CT molecular complexity index is 1370. The molecule has 1 aliphatic heterocycles. The summed E-state index contributed by atoms with van der Waals surface area (Å²) in [7, 11) is -1.41. The largest absolute Gasteiger partial charge is 0.364 e. The normalized spacial score (nSPS) is 15.8. The number of rotatable bonds is 10. The second-order valence-corrected chi connectivity index (χ2v) is 16.7. The quantitative estimate of drug-likeness (QED) is 0.206. The van der Waals surface area contributed by atoms with Gasteiger partial charge in [-0.25, -0.2) is 13.2 Å². The van der Waals surface area contributed by atoms with Crippen molar-refractivity contribution in [1.29, 1.82) is 0 Å². The molecule has 0 bridgehead atoms. The van der Waals surface area contributed by atoms with Crippen molar-refractivity contribution in [1.82, 2.24) is 14.8 Å². The van der Waals surface area contributed by atoms with Gasteiger partial charge in [0.05, 0.1) is 17.4 Å². The predicted octanol–water partition coefficient (Wildman–Crippen LogP) is 5.02. The zero-order valence-electron chi connectivity index (χ0n) is 21.8. The van der Waals surface area contributed by atoms with Crippen LogP contribution in [0.3, 0.4) is 0 Å². The molecule has 1 atom stereocenters. The van der Waals surface area contributed by atoms with Gasteiger partial charge < -0.3 is 10.5 Å². The van der Waals surface area contributed by atoms with Crippen LogP contribution in [0, 0.1) is 23.4 Å². The van der Waals surface area contributed by atoms with Crippen molar-refractivity contribution < 1.29 is 27.5 Å². The van der Waals surface area contributed by atoms with E-state index in [0.717, 1.165) is 18.2 Å². The fourth-order valence-corrected chi connectivity index (χ4v) is 5.77. The van der Waals surface area contributed by atoms with E-state index in [2.05, 4.69) is 29.8 Å². The third-order valence-electron chi connectivity index (χ3n) is 6.60. The van der Waals surface area contributed by atoms with Gasteiger partial charge >= 0.3 is 0 Å². The van der Waals surface area contributed by atoms with Gasteiger partial charge in [0.1, 0.15) is 18.2 Å². The fraction of sp³-hybridized carbons (Fsp3) is 0.385. The maximum absolute atomic E-state index is 13.8. The van der Waals surface area contributed by atoms with E-state index in [-0.39, 0.29) is 47.7 Å². The van der Waals surface area contributed by atoms with Crippen molar-refractivity contribution in [2.24, 2.45) is 11.7 Å². The van der Waals surface area contributed by atoms with Gasteiger partial charge in [0.2, 0.25) is 5.91 Å². The lowest BCUT2D eigenvalue weighted by Gasteiger charge is -2.22. The van der Waals surface area contributed by atoms with Crippen LogP contribution in [0.2, 0.25) is 30.7 Å². The Kier molecular flexibility index (Phi) is 8.47. The van der Waals surface area contributed by atoms with E-state index in [4.69, 9.17) is 22.1 Å². The molecule has 1 aromatic carbocycles. The lowest BCUT2D eigenvalue weighted by molar-refractivity contribution is -0.120. The number of carbonyl (C=O) groups excluding carboxylic acids is 2. The van der Waals surface area contributed by atoms with Crippen LogP contribution in [0.1, 0.15) is 22.5 Å². The van der Waals surface area contributed by atoms with E-state index >= 15 is 0 Å². The summed E-state index contributed by atoms with van der Waals surface area (Å²) in [5, 5.41) is 7.75. The van der Waals surface area contributed by atoms with Crippen molar-refractivity contribution >= 4 is 37.3 Å². The number of anilines is 1. The van der Waals surface area contributed by atoms with Gasteiger partial charge in [-0.15, -0.1) is 0 Å². The Morgan fingerprint density at radius 2 is 1.90 bits per heavy atom. The summed E-state index contributed by atoms with van der Waals surface area (Å²) in [6, 6.07) is 4.26. The molecule has 1 unspecified atom stereocenters. The van der Waals surface area contributed by atoms with Crippen molar-refractivity contribution in [2.45, 2.75) is 45.3 Å². The number of hydrogen-bond acceptors (Lipinski definition) is 5. The molecule has 13 heteroatoms. The van der Waals surface area contributed by atoms with Gasteiger partial charge in [-0.05, 0) is 42.6 Å². The lowest BCUT2D eigenvalue weighted by atomic mass is 9.98. The van der Waals surface area contributed by atoms with Crippen LogP contribution in [0.5, 0.6) is 0 Å². The zero-order valence-corrected chi connectivity index (χ0v) is 23.6. The summed E-state index contributed by atoms with van der Waals surface area (Å²) in [4.78, 5) is 27.7. The van der Waals surface area contributed by atoms with Crippen LogP contribution < -0.4 is 10.6 Å². The second-order valence-electron chi connectivity index (χ2n) is 10.7. The molecule has 2 aromatic heterocycles. The smallest absolute Gasteiger partial charge is 0.266 e. The molecule has 1 saturated heterocycles. The standard InChI is InChI=1S/C26H29ClF3N5O3Si/c1-39(2,3)9-8-38-14-35-23(24(31)36)20(17-4-6-32-33-13-17)21(27)25(35)34-7-5-16(26(34)37)10-15-11-18(28)22(30)19(29)12-15/h4,6,11-13,16H,5,7-10,14H2,1-3H3,(H2,31,36). The summed E-state index contributed by atoms with van der Waals surface area (Å²) in [5.41, 5.74) is 6.78. The summed E-state index contributed by atoms with van der Waals surface area (Å²) in [5.74, 6) is -5.75. The Morgan fingerprint density at radius 1 is 1.21 bits per heavy atom. The first-order valence-corrected chi connectivity index (χ1v) is 16.5. The molecule has 2 N–H and O–H groups in total. The molecular formula is C26H29ClF3N5O3Si. The molecule has 0 saturated carbocycles. The number of halogens is 4. The number of carbonyl (C=O) groups is 2. The van der Waals surface area contributed by atoms with E-state index in [1.54, 1.807) is 6.07 Å². The van der Waals surface area contributed by atoms with Crippen molar-refractivity contribution in [2.75, 3.05) is 18.1 Å². The van der Waals surface area contributed by atoms with Gasteiger partial charge in [-0.1, -0.05) is 31.2 Å². The van der Waals surface area contributed by atoms with Crippen molar-refractivity contribution in [3.63, 3.8) is 0 Å². The van der Waals surface area contributed by atoms with Gasteiger partial charge in [0.25, 0.3) is 5.91 Å². The van der Waals surface area contributed by atoms with Crippen LogP contribution in [0.25, 0.3) is 11.1 Å². The highest BCUT2D eigenvalue weighted by Crippen LogP contribution is 2.43. The SMILES string of the molecule is C[Si](C)(C)CCOCn1c(C(N)=O)c(-c2ccnnc2)c(Cl)c1N1CCC(Cc2cc(F)c(F)c(F)c2)C1=O. The minimum absolute atomic E-state index is 0.00169. The molecule has 0 aliphatic carbocycles. The average molecular weight is 580 g/mol. The number of benzene rings is 1. The summed E-state index contributed by atoms with van der Waals surface area (Å²) >= 11 is 6.85. The first-order valence-electron chi connectivity index (χ1n) is 12.4. The first kappa shape index (κ1) is 28.8. The number of nitrogens with zero attached hydrogens (tertiary/aromatic N) is 4. The van der Waals surface area contributed by atoms with Crippen LogP contribution in [0.4, 0.5) is 19.0 Å². The van der Waals surface area contributed by atoms with Crippen LogP contribution in [-0.2, 0) is 22.7 Å². The van der Waals surface area contributed by atoms with Crippen LogP contribution in [0.15, 0.2) is 30.6 Å². The molecule has 4 rings (SSSR count). The zero-order chi connectivity index (χ0) is 28.5. The van der Waals surface area contributed by atoms with Crippen LogP contribution in [-0.4, -0.2) is 47.8 Å². The van der Waals surface area contributed by atoms with E-state index in [9.17, 15) is 22.8 Å². The summed E-state index contributed by atoms with van der Waals surface area (Å²) in [6.07, 6.45) is 3.21. The summed E-state index contributed by atoms with van der Waals surface area (Å²) in [6.45, 7) is 7.20. The molecule has 3 aromatic rings. The number of hydrogen-bond donors (Lipinski definition) is 1. The molecular weight excluding hydrogens is 551 g/mol. The molecule has 2 amide bonds. The fourth-order valence-electron chi connectivity index (χ4n) is 4.61. The highest BCUT2D eigenvalue weighted by Gasteiger charge is 2.38. The molecule has 0 spiro atoms. The van der Waals surface area contributed by atoms with E-state index in [1.165, 1.54) is 21.9 Å². The average Bonchev–Trinajstić information content (AvgIpc) is 3.36. The topological polar surface area (TPSA) is 103 Å². The molecule has 8 nitrogen and oxygen atoms in total. The monoisotopic (exact) mass is 579 g/mol. The predicted molar refractivity (Wildman–Crippen MR) is 144 cm³/mol.